The second-order valence-corrected chi connectivity index (χ2v) is 5.45. The van der Waals surface area contributed by atoms with Crippen LogP contribution in [0.4, 0.5) is 8.78 Å². The van der Waals surface area contributed by atoms with Crippen LogP contribution in [0.3, 0.4) is 0 Å². The van der Waals surface area contributed by atoms with E-state index >= 15 is 0 Å². The van der Waals surface area contributed by atoms with Crippen LogP contribution >= 0.6 is 0 Å². The highest BCUT2D eigenvalue weighted by Crippen LogP contribution is 2.22. The molecule has 0 fully saturated rings. The average molecular weight is 284 g/mol. The lowest BCUT2D eigenvalue weighted by Crippen LogP contribution is -1.99. The molecule has 0 saturated heterocycles. The minimum atomic E-state index is -0.891. The molecule has 20 heavy (non-hydrogen) atoms. The molecule has 0 spiro atoms. The summed E-state index contributed by atoms with van der Waals surface area (Å²) in [4.78, 5) is 0. The van der Waals surface area contributed by atoms with Crippen LogP contribution in [0.2, 0.25) is 0 Å². The Hall–Kier alpha value is -0.960. The summed E-state index contributed by atoms with van der Waals surface area (Å²) < 4.78 is 25.8. The van der Waals surface area contributed by atoms with Crippen molar-refractivity contribution >= 4 is 0 Å². The SMILES string of the molecule is CCCCCCCCCCC(O)c1ccc(F)c(F)c1. The zero-order chi connectivity index (χ0) is 14.8. The summed E-state index contributed by atoms with van der Waals surface area (Å²) in [5.74, 6) is -1.76. The van der Waals surface area contributed by atoms with Crippen molar-refractivity contribution in [3.05, 3.63) is 35.4 Å². The van der Waals surface area contributed by atoms with E-state index in [1.54, 1.807) is 0 Å². The van der Waals surface area contributed by atoms with Crippen LogP contribution in [0, 0.1) is 11.6 Å². The van der Waals surface area contributed by atoms with Gasteiger partial charge in [-0.15, -0.1) is 0 Å². The van der Waals surface area contributed by atoms with Gasteiger partial charge in [0.15, 0.2) is 11.6 Å². The lowest BCUT2D eigenvalue weighted by atomic mass is 10.0. The number of hydrogen-bond donors (Lipinski definition) is 1. The molecule has 0 aliphatic heterocycles. The van der Waals surface area contributed by atoms with Crippen molar-refractivity contribution in [1.82, 2.24) is 0 Å². The van der Waals surface area contributed by atoms with Gasteiger partial charge in [-0.25, -0.2) is 8.78 Å². The molecular formula is C17H26F2O. The van der Waals surface area contributed by atoms with E-state index in [2.05, 4.69) is 6.92 Å². The lowest BCUT2D eigenvalue weighted by Gasteiger charge is -2.11. The molecule has 1 aromatic rings. The first-order chi connectivity index (χ1) is 9.65. The van der Waals surface area contributed by atoms with E-state index in [-0.39, 0.29) is 0 Å². The highest BCUT2D eigenvalue weighted by atomic mass is 19.2. The van der Waals surface area contributed by atoms with Crippen molar-refractivity contribution in [2.75, 3.05) is 0 Å². The number of hydrogen-bond acceptors (Lipinski definition) is 1. The molecule has 1 nitrogen and oxygen atoms in total. The number of aliphatic hydroxyl groups excluding tert-OH is 1. The summed E-state index contributed by atoms with van der Waals surface area (Å²) in [6, 6.07) is 3.61. The van der Waals surface area contributed by atoms with E-state index in [0.717, 1.165) is 25.0 Å². The van der Waals surface area contributed by atoms with Crippen molar-refractivity contribution < 1.29 is 13.9 Å². The summed E-state index contributed by atoms with van der Waals surface area (Å²) in [5, 5.41) is 9.92. The van der Waals surface area contributed by atoms with Crippen molar-refractivity contribution in [1.29, 1.82) is 0 Å². The highest BCUT2D eigenvalue weighted by Gasteiger charge is 2.10. The summed E-state index contributed by atoms with van der Waals surface area (Å²) in [6.45, 7) is 2.21. The van der Waals surface area contributed by atoms with E-state index in [0.29, 0.717) is 12.0 Å². The molecular weight excluding hydrogens is 258 g/mol. The zero-order valence-corrected chi connectivity index (χ0v) is 12.4. The van der Waals surface area contributed by atoms with Gasteiger partial charge in [-0.1, -0.05) is 64.4 Å². The van der Waals surface area contributed by atoms with Crippen molar-refractivity contribution in [3.63, 3.8) is 0 Å². The predicted octanol–water partition coefficient (Wildman–Crippen LogP) is 5.53. The van der Waals surface area contributed by atoms with Gasteiger partial charge in [0, 0.05) is 0 Å². The Kier molecular flexibility index (Phi) is 8.43. The van der Waals surface area contributed by atoms with Crippen LogP contribution in [-0.4, -0.2) is 5.11 Å². The van der Waals surface area contributed by atoms with Crippen LogP contribution in [-0.2, 0) is 0 Å². The molecule has 1 atom stereocenters. The van der Waals surface area contributed by atoms with Gasteiger partial charge in [0.05, 0.1) is 6.10 Å². The van der Waals surface area contributed by atoms with E-state index in [4.69, 9.17) is 0 Å². The molecule has 1 aromatic carbocycles. The molecule has 1 unspecified atom stereocenters. The topological polar surface area (TPSA) is 20.2 Å². The lowest BCUT2D eigenvalue weighted by molar-refractivity contribution is 0.162. The maximum absolute atomic E-state index is 13.0. The molecule has 0 aliphatic carbocycles. The monoisotopic (exact) mass is 284 g/mol. The number of halogens is 2. The number of benzene rings is 1. The molecule has 0 heterocycles. The number of aliphatic hydroxyl groups is 1. The van der Waals surface area contributed by atoms with Gasteiger partial charge in [0.1, 0.15) is 0 Å². The molecule has 0 bridgehead atoms. The Morgan fingerprint density at radius 1 is 0.900 bits per heavy atom. The summed E-state index contributed by atoms with van der Waals surface area (Å²) >= 11 is 0. The van der Waals surface area contributed by atoms with Crippen molar-refractivity contribution in [2.24, 2.45) is 0 Å². The maximum atomic E-state index is 13.0. The Morgan fingerprint density at radius 3 is 2.10 bits per heavy atom. The van der Waals surface area contributed by atoms with E-state index in [9.17, 15) is 13.9 Å². The van der Waals surface area contributed by atoms with Gasteiger partial charge in [-0.05, 0) is 24.1 Å². The molecule has 0 amide bonds. The van der Waals surface area contributed by atoms with E-state index in [1.807, 2.05) is 0 Å². The third-order valence-corrected chi connectivity index (χ3v) is 3.66. The normalized spacial score (nSPS) is 12.6. The third kappa shape index (κ3) is 6.47. The summed E-state index contributed by atoms with van der Waals surface area (Å²) in [6.07, 6.45) is 9.56. The summed E-state index contributed by atoms with van der Waals surface area (Å²) in [7, 11) is 0. The molecule has 0 aliphatic rings. The Balaban J connectivity index is 2.13. The van der Waals surface area contributed by atoms with Crippen LogP contribution in [0.1, 0.15) is 76.4 Å². The fraction of sp³-hybridized carbons (Fsp3) is 0.647. The van der Waals surface area contributed by atoms with E-state index in [1.165, 1.54) is 44.6 Å². The Labute approximate surface area is 121 Å². The molecule has 0 radical (unpaired) electrons. The van der Waals surface area contributed by atoms with Crippen LogP contribution < -0.4 is 0 Å². The first-order valence-electron chi connectivity index (χ1n) is 7.78. The number of rotatable bonds is 10. The molecule has 0 saturated carbocycles. The predicted molar refractivity (Wildman–Crippen MR) is 78.5 cm³/mol. The Morgan fingerprint density at radius 2 is 1.50 bits per heavy atom. The summed E-state index contributed by atoms with van der Waals surface area (Å²) in [5.41, 5.74) is 0.465. The van der Waals surface area contributed by atoms with Crippen molar-refractivity contribution in [2.45, 2.75) is 70.8 Å². The average Bonchev–Trinajstić information content (AvgIpc) is 2.44. The van der Waals surface area contributed by atoms with E-state index < -0.39 is 17.7 Å². The maximum Gasteiger partial charge on any atom is 0.159 e. The van der Waals surface area contributed by atoms with Crippen molar-refractivity contribution in [3.8, 4) is 0 Å². The van der Waals surface area contributed by atoms with Gasteiger partial charge >= 0.3 is 0 Å². The van der Waals surface area contributed by atoms with Gasteiger partial charge in [-0.3, -0.25) is 0 Å². The Bertz CT molecular complexity index is 379. The zero-order valence-electron chi connectivity index (χ0n) is 12.4. The molecule has 3 heteroatoms. The first-order valence-corrected chi connectivity index (χ1v) is 7.78. The second-order valence-electron chi connectivity index (χ2n) is 5.45. The minimum Gasteiger partial charge on any atom is -0.388 e. The van der Waals surface area contributed by atoms with Crippen LogP contribution in [0.25, 0.3) is 0 Å². The second kappa shape index (κ2) is 9.87. The molecule has 1 rings (SSSR count). The molecule has 114 valence electrons. The van der Waals surface area contributed by atoms with Crippen LogP contribution in [0.5, 0.6) is 0 Å². The fourth-order valence-electron chi connectivity index (χ4n) is 2.36. The van der Waals surface area contributed by atoms with Gasteiger partial charge in [0.25, 0.3) is 0 Å². The first kappa shape index (κ1) is 17.1. The van der Waals surface area contributed by atoms with Gasteiger partial charge in [-0.2, -0.15) is 0 Å². The molecule has 1 N–H and O–H groups in total. The fourth-order valence-corrected chi connectivity index (χ4v) is 2.36. The smallest absolute Gasteiger partial charge is 0.159 e. The quantitative estimate of drug-likeness (QED) is 0.560. The number of unbranched alkanes of at least 4 members (excludes halogenated alkanes) is 7. The standard InChI is InChI=1S/C17H26F2O/c1-2-3-4-5-6-7-8-9-10-17(20)14-11-12-15(18)16(19)13-14/h11-13,17,20H,2-10H2,1H3. The van der Waals surface area contributed by atoms with Gasteiger partial charge < -0.3 is 5.11 Å². The van der Waals surface area contributed by atoms with Crippen LogP contribution in [0.15, 0.2) is 18.2 Å². The third-order valence-electron chi connectivity index (χ3n) is 3.66. The molecule has 0 aromatic heterocycles. The largest absolute Gasteiger partial charge is 0.388 e. The highest BCUT2D eigenvalue weighted by molar-refractivity contribution is 5.19. The van der Waals surface area contributed by atoms with Gasteiger partial charge in [0.2, 0.25) is 0 Å². The minimum absolute atomic E-state index is 0.465.